The Bertz CT molecular complexity index is 979. The zero-order valence-corrected chi connectivity index (χ0v) is 19.2. The van der Waals surface area contributed by atoms with Gasteiger partial charge in [0.25, 0.3) is 0 Å². The van der Waals surface area contributed by atoms with Gasteiger partial charge in [0.05, 0.1) is 11.5 Å². The fourth-order valence-corrected chi connectivity index (χ4v) is 4.07. The van der Waals surface area contributed by atoms with Crippen LogP contribution in [0.4, 0.5) is 0 Å². The molecule has 0 aliphatic heterocycles. The molecule has 0 spiro atoms. The van der Waals surface area contributed by atoms with Crippen molar-refractivity contribution in [3.05, 3.63) is 76.9 Å². The molecule has 0 heterocycles. The van der Waals surface area contributed by atoms with E-state index in [4.69, 9.17) is 4.74 Å². The molecule has 0 fully saturated rings. The van der Waals surface area contributed by atoms with Gasteiger partial charge in [0.2, 0.25) is 5.91 Å². The number of Topliss-reactive ketones (excluding diaryl/α,β-unsaturated/α-hetero) is 1. The Morgan fingerprint density at radius 3 is 2.35 bits per heavy atom. The minimum Gasteiger partial charge on any atom is -0.491 e. The first-order valence-electron chi connectivity index (χ1n) is 11.1. The fourth-order valence-electron chi connectivity index (χ4n) is 4.07. The third-order valence-electron chi connectivity index (χ3n) is 6.71. The molecule has 1 aliphatic carbocycles. The van der Waals surface area contributed by atoms with Gasteiger partial charge in [0, 0.05) is 17.6 Å². The molecule has 4 heteroatoms. The first-order chi connectivity index (χ1) is 14.8. The van der Waals surface area contributed by atoms with E-state index in [2.05, 4.69) is 19.2 Å². The zero-order chi connectivity index (χ0) is 22.6. The number of hydrogen-bond acceptors (Lipinski definition) is 3. The van der Waals surface area contributed by atoms with Crippen molar-refractivity contribution in [1.29, 1.82) is 0 Å². The summed E-state index contributed by atoms with van der Waals surface area (Å²) < 4.78 is 6.30. The number of allylic oxidation sites excluding steroid dienone is 1. The Hall–Kier alpha value is -2.88. The molecule has 0 saturated carbocycles. The maximum Gasteiger partial charge on any atom is 0.230 e. The first-order valence-corrected chi connectivity index (χ1v) is 11.1. The molecule has 2 unspecified atom stereocenters. The third kappa shape index (κ3) is 4.73. The van der Waals surface area contributed by atoms with E-state index in [0.29, 0.717) is 17.8 Å². The number of carbonyl (C=O) groups is 2. The quantitative estimate of drug-likeness (QED) is 0.585. The average Bonchev–Trinajstić information content (AvgIpc) is 3.16. The highest BCUT2D eigenvalue weighted by Gasteiger charge is 2.40. The van der Waals surface area contributed by atoms with Crippen LogP contribution >= 0.6 is 0 Å². The fraction of sp³-hybridized carbons (Fsp3) is 0.407. The number of ether oxygens (including phenoxy) is 1. The molecule has 0 saturated heterocycles. The van der Waals surface area contributed by atoms with Crippen LogP contribution in [-0.2, 0) is 20.7 Å². The van der Waals surface area contributed by atoms with Crippen LogP contribution < -0.4 is 5.32 Å². The van der Waals surface area contributed by atoms with Gasteiger partial charge in [-0.25, -0.2) is 0 Å². The van der Waals surface area contributed by atoms with Gasteiger partial charge < -0.3 is 10.1 Å². The lowest BCUT2D eigenvalue weighted by Crippen LogP contribution is -2.46. The molecule has 0 bridgehead atoms. The first kappa shape index (κ1) is 22.8. The predicted octanol–water partition coefficient (Wildman–Crippen LogP) is 5.49. The van der Waals surface area contributed by atoms with Gasteiger partial charge in [-0.1, -0.05) is 74.9 Å². The second-order valence-corrected chi connectivity index (χ2v) is 8.82. The second kappa shape index (κ2) is 9.51. The average molecular weight is 420 g/mol. The Kier molecular flexibility index (Phi) is 6.99. The monoisotopic (exact) mass is 419 g/mol. The van der Waals surface area contributed by atoms with E-state index in [-0.39, 0.29) is 30.3 Å². The molecule has 2 aromatic rings. The van der Waals surface area contributed by atoms with Gasteiger partial charge in [-0.05, 0) is 37.8 Å². The van der Waals surface area contributed by atoms with E-state index in [1.807, 2.05) is 68.4 Å². The zero-order valence-electron chi connectivity index (χ0n) is 19.2. The summed E-state index contributed by atoms with van der Waals surface area (Å²) in [5, 5.41) is 3.18. The van der Waals surface area contributed by atoms with Gasteiger partial charge in [0.1, 0.15) is 12.4 Å². The summed E-state index contributed by atoms with van der Waals surface area (Å²) in [6, 6.07) is 17.8. The number of nitrogens with one attached hydrogen (secondary N) is 1. The van der Waals surface area contributed by atoms with E-state index in [0.717, 1.165) is 23.1 Å². The number of amides is 1. The molecule has 164 valence electrons. The lowest BCUT2D eigenvalue weighted by atomic mass is 9.76. The minimum atomic E-state index is -0.732. The maximum absolute atomic E-state index is 13.4. The van der Waals surface area contributed by atoms with Crippen LogP contribution in [0.3, 0.4) is 0 Å². The Labute approximate surface area is 185 Å². The number of hydrogen-bond donors (Lipinski definition) is 1. The molecule has 3 atom stereocenters. The predicted molar refractivity (Wildman–Crippen MR) is 124 cm³/mol. The van der Waals surface area contributed by atoms with Crippen molar-refractivity contribution < 1.29 is 14.3 Å². The van der Waals surface area contributed by atoms with Crippen molar-refractivity contribution >= 4 is 17.4 Å². The smallest absolute Gasteiger partial charge is 0.230 e. The molecule has 4 nitrogen and oxygen atoms in total. The summed E-state index contributed by atoms with van der Waals surface area (Å²) in [5.41, 5.74) is 3.07. The topological polar surface area (TPSA) is 55.4 Å². The molecular formula is C27H33NO3. The summed E-state index contributed by atoms with van der Waals surface area (Å²) in [7, 11) is 0. The van der Waals surface area contributed by atoms with Crippen LogP contribution in [0.1, 0.15) is 63.8 Å². The van der Waals surface area contributed by atoms with Crippen molar-refractivity contribution in [2.75, 3.05) is 6.61 Å². The number of benzene rings is 2. The largest absolute Gasteiger partial charge is 0.491 e. The van der Waals surface area contributed by atoms with Crippen LogP contribution in [0.5, 0.6) is 0 Å². The third-order valence-corrected chi connectivity index (χ3v) is 6.71. The van der Waals surface area contributed by atoms with Crippen molar-refractivity contribution in [3.63, 3.8) is 0 Å². The van der Waals surface area contributed by atoms with Crippen molar-refractivity contribution in [2.24, 2.45) is 11.3 Å². The van der Waals surface area contributed by atoms with Gasteiger partial charge in [-0.15, -0.1) is 0 Å². The van der Waals surface area contributed by atoms with Gasteiger partial charge in [-0.3, -0.25) is 9.59 Å². The Morgan fingerprint density at radius 2 is 1.71 bits per heavy atom. The normalized spacial score (nSPS) is 16.8. The van der Waals surface area contributed by atoms with E-state index in [9.17, 15) is 9.59 Å². The van der Waals surface area contributed by atoms with Crippen LogP contribution in [0, 0.1) is 11.3 Å². The molecule has 1 amide bonds. The van der Waals surface area contributed by atoms with Crippen molar-refractivity contribution in [3.8, 4) is 0 Å². The highest BCUT2D eigenvalue weighted by molar-refractivity contribution is 6.02. The molecule has 0 aromatic heterocycles. The molecule has 1 aliphatic rings. The second-order valence-electron chi connectivity index (χ2n) is 8.82. The van der Waals surface area contributed by atoms with Crippen LogP contribution in [0.2, 0.25) is 0 Å². The van der Waals surface area contributed by atoms with Gasteiger partial charge >= 0.3 is 0 Å². The number of carbonyl (C=O) groups excluding carboxylic acids is 2. The van der Waals surface area contributed by atoms with Crippen molar-refractivity contribution in [2.45, 2.75) is 53.5 Å². The summed E-state index contributed by atoms with van der Waals surface area (Å²) in [6.45, 7) is 9.92. The highest BCUT2D eigenvalue weighted by Crippen LogP contribution is 2.38. The molecule has 31 heavy (non-hydrogen) atoms. The summed E-state index contributed by atoms with van der Waals surface area (Å²) in [6.07, 6.45) is 1.43. The molecule has 3 rings (SSSR count). The SMILES string of the molecule is CCC(C)C(C)(COC1=C(C(C)=O)Cc2ccccc21)C(=O)N[C@@H](C)c1ccccc1. The Balaban J connectivity index is 1.83. The number of rotatable bonds is 9. The maximum atomic E-state index is 13.4. The van der Waals surface area contributed by atoms with Crippen LogP contribution in [-0.4, -0.2) is 18.3 Å². The summed E-state index contributed by atoms with van der Waals surface area (Å²) in [5.74, 6) is 0.711. The molecule has 2 aromatic carbocycles. The molecule has 0 radical (unpaired) electrons. The van der Waals surface area contributed by atoms with Crippen molar-refractivity contribution in [1.82, 2.24) is 5.32 Å². The highest BCUT2D eigenvalue weighted by atomic mass is 16.5. The lowest BCUT2D eigenvalue weighted by Gasteiger charge is -2.35. The molecule has 1 N–H and O–H groups in total. The van der Waals surface area contributed by atoms with E-state index < -0.39 is 5.41 Å². The van der Waals surface area contributed by atoms with Crippen LogP contribution in [0.25, 0.3) is 5.76 Å². The minimum absolute atomic E-state index is 0.0126. The summed E-state index contributed by atoms with van der Waals surface area (Å²) >= 11 is 0. The summed E-state index contributed by atoms with van der Waals surface area (Å²) in [4.78, 5) is 25.7. The lowest BCUT2D eigenvalue weighted by molar-refractivity contribution is -0.136. The standard InChI is InChI=1S/C27H33NO3/c1-6-18(2)27(5,26(30)28-19(3)21-12-8-7-9-13-21)17-31-25-23-15-11-10-14-22(23)16-24(25)20(4)29/h7-15,18-19H,6,16-17H2,1-5H3,(H,28,30)/t18?,19-,27?/m0/s1. The van der Waals surface area contributed by atoms with E-state index >= 15 is 0 Å². The number of ketones is 1. The van der Waals surface area contributed by atoms with Gasteiger partial charge in [-0.2, -0.15) is 0 Å². The Morgan fingerprint density at radius 1 is 1.06 bits per heavy atom. The van der Waals surface area contributed by atoms with E-state index in [1.54, 1.807) is 6.92 Å². The number of fused-ring (bicyclic) bond motifs is 1. The van der Waals surface area contributed by atoms with Gasteiger partial charge in [0.15, 0.2) is 5.78 Å². The van der Waals surface area contributed by atoms with E-state index in [1.165, 1.54) is 0 Å². The molecular weight excluding hydrogens is 386 g/mol. The van der Waals surface area contributed by atoms with Crippen LogP contribution in [0.15, 0.2) is 60.2 Å².